The van der Waals surface area contributed by atoms with Crippen molar-refractivity contribution in [2.75, 3.05) is 11.5 Å². The van der Waals surface area contributed by atoms with Gasteiger partial charge < -0.3 is 4.74 Å². The van der Waals surface area contributed by atoms with E-state index in [2.05, 4.69) is 15.9 Å². The lowest BCUT2D eigenvalue weighted by Gasteiger charge is -2.33. The summed E-state index contributed by atoms with van der Waals surface area (Å²) in [4.78, 5) is 24.8. The molecule has 1 atom stereocenters. The number of fused-ring (bicyclic) bond motifs is 1. The third-order valence-electron chi connectivity index (χ3n) is 2.71. The van der Waals surface area contributed by atoms with Gasteiger partial charge in [-0.3, -0.25) is 19.9 Å². The van der Waals surface area contributed by atoms with Crippen molar-refractivity contribution in [3.63, 3.8) is 0 Å². The van der Waals surface area contributed by atoms with Crippen molar-refractivity contribution in [1.29, 1.82) is 0 Å². The minimum absolute atomic E-state index is 0.0865. The van der Waals surface area contributed by atoms with Crippen LogP contribution >= 0.6 is 15.9 Å². The first-order chi connectivity index (χ1) is 8.54. The van der Waals surface area contributed by atoms with Crippen molar-refractivity contribution in [2.45, 2.75) is 13.0 Å². The van der Waals surface area contributed by atoms with Gasteiger partial charge in [-0.2, -0.15) is 0 Å². The fraction of sp³-hybridized carbons (Fsp3) is 0.273. The number of hydrogen-bond acceptors (Lipinski definition) is 4. The first-order valence-electron chi connectivity index (χ1n) is 5.29. The Balaban J connectivity index is 2.44. The lowest BCUT2D eigenvalue weighted by atomic mass is 10.1. The number of ether oxygens (including phenoxy) is 1. The average Bonchev–Trinajstić information content (AvgIpc) is 2.36. The molecular formula is C11H12BrN3O3. The van der Waals surface area contributed by atoms with E-state index in [1.807, 2.05) is 5.43 Å². The number of hydrogen-bond donors (Lipinski definition) is 2. The Kier molecular flexibility index (Phi) is 3.53. The topological polar surface area (TPSA) is 84.7 Å². The number of carbonyl (C=O) groups is 2. The Morgan fingerprint density at radius 2 is 2.33 bits per heavy atom. The number of rotatable bonds is 2. The maximum atomic E-state index is 11.9. The standard InChI is InChI=1S/C11H12BrN3O3/c1-6(11(17)14-13)15-8-4-7(12)2-3-9(8)18-5-10(15)16/h2-4,6H,5,13H2,1H3,(H,14,17). The lowest BCUT2D eigenvalue weighted by Crippen LogP contribution is -2.52. The van der Waals surface area contributed by atoms with Crippen molar-refractivity contribution >= 4 is 33.4 Å². The summed E-state index contributed by atoms with van der Waals surface area (Å²) in [5.41, 5.74) is 2.60. The number of benzene rings is 1. The molecule has 1 aliphatic rings. The predicted molar refractivity (Wildman–Crippen MR) is 68.9 cm³/mol. The Hall–Kier alpha value is -1.60. The summed E-state index contributed by atoms with van der Waals surface area (Å²) < 4.78 is 6.11. The fourth-order valence-corrected chi connectivity index (χ4v) is 2.16. The van der Waals surface area contributed by atoms with Gasteiger partial charge in [-0.05, 0) is 25.1 Å². The van der Waals surface area contributed by atoms with Crippen molar-refractivity contribution in [2.24, 2.45) is 5.84 Å². The maximum absolute atomic E-state index is 11.9. The van der Waals surface area contributed by atoms with Gasteiger partial charge in [0.05, 0.1) is 5.69 Å². The van der Waals surface area contributed by atoms with Crippen molar-refractivity contribution in [3.05, 3.63) is 22.7 Å². The van der Waals surface area contributed by atoms with Gasteiger partial charge in [-0.1, -0.05) is 15.9 Å². The number of carbonyl (C=O) groups excluding carboxylic acids is 2. The Labute approximate surface area is 112 Å². The summed E-state index contributed by atoms with van der Waals surface area (Å²) in [6.07, 6.45) is 0. The molecule has 6 nitrogen and oxygen atoms in total. The monoisotopic (exact) mass is 313 g/mol. The molecule has 0 radical (unpaired) electrons. The Morgan fingerprint density at radius 1 is 1.61 bits per heavy atom. The molecule has 0 bridgehead atoms. The first kappa shape index (κ1) is 12.8. The molecule has 1 unspecified atom stereocenters. The quantitative estimate of drug-likeness (QED) is 0.474. The van der Waals surface area contributed by atoms with Crippen LogP contribution in [0.4, 0.5) is 5.69 Å². The van der Waals surface area contributed by atoms with Gasteiger partial charge in [-0.15, -0.1) is 0 Å². The average molecular weight is 314 g/mol. The fourth-order valence-electron chi connectivity index (χ4n) is 1.81. The zero-order valence-electron chi connectivity index (χ0n) is 9.64. The highest BCUT2D eigenvalue weighted by Crippen LogP contribution is 2.35. The van der Waals surface area contributed by atoms with Gasteiger partial charge in [0.1, 0.15) is 11.8 Å². The number of nitrogens with two attached hydrogens (primary N) is 1. The molecule has 0 saturated heterocycles. The van der Waals surface area contributed by atoms with Crippen LogP contribution in [-0.4, -0.2) is 24.5 Å². The van der Waals surface area contributed by atoms with Crippen LogP contribution in [0.15, 0.2) is 22.7 Å². The summed E-state index contributed by atoms with van der Waals surface area (Å²) in [7, 11) is 0. The molecule has 18 heavy (non-hydrogen) atoms. The third kappa shape index (κ3) is 2.19. The molecule has 2 rings (SSSR count). The number of hydrazine groups is 1. The minimum atomic E-state index is -0.695. The van der Waals surface area contributed by atoms with Crippen LogP contribution < -0.4 is 20.9 Å². The number of nitrogens with zero attached hydrogens (tertiary/aromatic N) is 1. The number of amides is 2. The van der Waals surface area contributed by atoms with Crippen LogP contribution in [0.25, 0.3) is 0 Å². The van der Waals surface area contributed by atoms with Crippen LogP contribution in [-0.2, 0) is 9.59 Å². The number of halogens is 1. The molecule has 0 fully saturated rings. The molecule has 1 aromatic carbocycles. The Morgan fingerprint density at radius 3 is 3.00 bits per heavy atom. The van der Waals surface area contributed by atoms with Crippen molar-refractivity contribution in [1.82, 2.24) is 5.43 Å². The third-order valence-corrected chi connectivity index (χ3v) is 3.20. The van der Waals surface area contributed by atoms with E-state index in [4.69, 9.17) is 10.6 Å². The molecule has 0 saturated carbocycles. The molecule has 96 valence electrons. The highest BCUT2D eigenvalue weighted by molar-refractivity contribution is 9.10. The first-order valence-corrected chi connectivity index (χ1v) is 6.08. The molecule has 0 aromatic heterocycles. The minimum Gasteiger partial charge on any atom is -0.482 e. The normalized spacial score (nSPS) is 15.7. The number of anilines is 1. The van der Waals surface area contributed by atoms with Gasteiger partial charge in [0.15, 0.2) is 6.61 Å². The molecule has 0 aliphatic carbocycles. The van der Waals surface area contributed by atoms with E-state index in [0.717, 1.165) is 4.47 Å². The summed E-state index contributed by atoms with van der Waals surface area (Å²) >= 11 is 3.32. The molecule has 1 aromatic rings. The van der Waals surface area contributed by atoms with E-state index in [1.54, 1.807) is 25.1 Å². The Bertz CT molecular complexity index is 506. The second-order valence-electron chi connectivity index (χ2n) is 3.85. The molecule has 1 aliphatic heterocycles. The molecule has 7 heteroatoms. The number of nitrogens with one attached hydrogen (secondary N) is 1. The summed E-state index contributed by atoms with van der Waals surface area (Å²) in [6.45, 7) is 1.52. The summed E-state index contributed by atoms with van der Waals surface area (Å²) in [5, 5.41) is 0. The van der Waals surface area contributed by atoms with Gasteiger partial charge in [0, 0.05) is 4.47 Å². The van der Waals surface area contributed by atoms with Crippen LogP contribution in [0.5, 0.6) is 5.75 Å². The van der Waals surface area contributed by atoms with Gasteiger partial charge >= 0.3 is 0 Å². The van der Waals surface area contributed by atoms with Gasteiger partial charge in [0.25, 0.3) is 11.8 Å². The zero-order chi connectivity index (χ0) is 13.3. The van der Waals surface area contributed by atoms with Crippen LogP contribution in [0.3, 0.4) is 0 Å². The highest BCUT2D eigenvalue weighted by atomic mass is 79.9. The second kappa shape index (κ2) is 4.95. The molecule has 1 heterocycles. The van der Waals surface area contributed by atoms with Crippen molar-refractivity contribution in [3.8, 4) is 5.75 Å². The van der Waals surface area contributed by atoms with E-state index in [9.17, 15) is 9.59 Å². The van der Waals surface area contributed by atoms with E-state index in [0.29, 0.717) is 11.4 Å². The van der Waals surface area contributed by atoms with E-state index >= 15 is 0 Å². The maximum Gasteiger partial charge on any atom is 0.265 e. The molecule has 3 N–H and O–H groups in total. The van der Waals surface area contributed by atoms with Crippen LogP contribution in [0, 0.1) is 0 Å². The largest absolute Gasteiger partial charge is 0.482 e. The molecule has 0 spiro atoms. The van der Waals surface area contributed by atoms with E-state index in [-0.39, 0.29) is 12.5 Å². The smallest absolute Gasteiger partial charge is 0.265 e. The van der Waals surface area contributed by atoms with E-state index < -0.39 is 11.9 Å². The van der Waals surface area contributed by atoms with Gasteiger partial charge in [-0.25, -0.2) is 5.84 Å². The van der Waals surface area contributed by atoms with Crippen LogP contribution in [0.2, 0.25) is 0 Å². The van der Waals surface area contributed by atoms with Gasteiger partial charge in [0.2, 0.25) is 0 Å². The molecular weight excluding hydrogens is 302 g/mol. The SMILES string of the molecule is CC(C(=O)NN)N1C(=O)COc2ccc(Br)cc21. The predicted octanol–water partition coefficient (Wildman–Crippen LogP) is 0.553. The second-order valence-corrected chi connectivity index (χ2v) is 4.76. The molecule has 2 amide bonds. The lowest BCUT2D eigenvalue weighted by molar-refractivity contribution is -0.127. The summed E-state index contributed by atoms with van der Waals surface area (Å²) in [5.74, 6) is 4.95. The van der Waals surface area contributed by atoms with E-state index in [1.165, 1.54) is 4.90 Å². The van der Waals surface area contributed by atoms with Crippen molar-refractivity contribution < 1.29 is 14.3 Å². The van der Waals surface area contributed by atoms with Crippen LogP contribution in [0.1, 0.15) is 6.92 Å². The highest BCUT2D eigenvalue weighted by Gasteiger charge is 2.32. The summed E-state index contributed by atoms with van der Waals surface area (Å²) in [6, 6.07) is 4.58. The zero-order valence-corrected chi connectivity index (χ0v) is 11.2.